The van der Waals surface area contributed by atoms with E-state index in [1.165, 1.54) is 44.3 Å². The Morgan fingerprint density at radius 2 is 1.16 bits per heavy atom. The SMILES string of the molecule is Cc1cc2nc3c(-c4ccccc4)c(-c4ccccc4)c4ccccc4n3c2cc1C. The number of hydrogen-bond acceptors (Lipinski definition) is 1. The second kappa shape index (κ2) is 6.82. The molecule has 6 aromatic rings. The van der Waals surface area contributed by atoms with Crippen LogP contribution in [0.3, 0.4) is 0 Å². The van der Waals surface area contributed by atoms with Gasteiger partial charge in [-0.15, -0.1) is 0 Å². The number of aromatic nitrogens is 2. The van der Waals surface area contributed by atoms with Gasteiger partial charge in [0.1, 0.15) is 5.65 Å². The van der Waals surface area contributed by atoms with E-state index in [4.69, 9.17) is 4.98 Å². The lowest BCUT2D eigenvalue weighted by Gasteiger charge is -2.17. The summed E-state index contributed by atoms with van der Waals surface area (Å²) in [4.78, 5) is 5.19. The number of imidazole rings is 1. The average molecular weight is 399 g/mol. The Hall–Kier alpha value is -3.91. The molecule has 0 radical (unpaired) electrons. The third-order valence-electron chi connectivity index (χ3n) is 6.28. The molecule has 0 bridgehead atoms. The van der Waals surface area contributed by atoms with Crippen LogP contribution >= 0.6 is 0 Å². The van der Waals surface area contributed by atoms with Crippen molar-refractivity contribution in [1.29, 1.82) is 0 Å². The van der Waals surface area contributed by atoms with Crippen molar-refractivity contribution in [2.75, 3.05) is 0 Å². The summed E-state index contributed by atoms with van der Waals surface area (Å²) in [6.07, 6.45) is 0. The first-order chi connectivity index (χ1) is 15.2. The van der Waals surface area contributed by atoms with E-state index >= 15 is 0 Å². The number of aryl methyl sites for hydroxylation is 2. The molecule has 0 aliphatic heterocycles. The van der Waals surface area contributed by atoms with Gasteiger partial charge in [-0.3, -0.25) is 4.40 Å². The molecule has 0 saturated heterocycles. The van der Waals surface area contributed by atoms with Crippen LogP contribution in [0.15, 0.2) is 97.1 Å². The summed E-state index contributed by atoms with van der Waals surface area (Å²) in [6.45, 7) is 4.33. The van der Waals surface area contributed by atoms with Gasteiger partial charge in [-0.2, -0.15) is 0 Å². The maximum atomic E-state index is 5.19. The fraction of sp³-hybridized carbons (Fsp3) is 0.0690. The van der Waals surface area contributed by atoms with Crippen LogP contribution in [0.5, 0.6) is 0 Å². The van der Waals surface area contributed by atoms with Crippen molar-refractivity contribution in [2.24, 2.45) is 0 Å². The number of hydrogen-bond donors (Lipinski definition) is 0. The minimum atomic E-state index is 1.00. The summed E-state index contributed by atoms with van der Waals surface area (Å²) in [7, 11) is 0. The fourth-order valence-corrected chi connectivity index (χ4v) is 4.65. The van der Waals surface area contributed by atoms with Crippen LogP contribution in [0, 0.1) is 13.8 Å². The summed E-state index contributed by atoms with van der Waals surface area (Å²) in [5, 5.41) is 1.23. The molecular formula is C29H22N2. The molecule has 6 rings (SSSR count). The van der Waals surface area contributed by atoms with Crippen LogP contribution in [0.2, 0.25) is 0 Å². The molecule has 148 valence electrons. The molecule has 0 aliphatic carbocycles. The summed E-state index contributed by atoms with van der Waals surface area (Å²) >= 11 is 0. The molecule has 2 heterocycles. The molecule has 0 atom stereocenters. The van der Waals surface area contributed by atoms with E-state index in [0.717, 1.165) is 16.7 Å². The van der Waals surface area contributed by atoms with Gasteiger partial charge in [-0.25, -0.2) is 4.98 Å². The zero-order valence-electron chi connectivity index (χ0n) is 17.6. The molecule has 0 aliphatic rings. The quantitative estimate of drug-likeness (QED) is 0.294. The standard InChI is InChI=1S/C29H22N2/c1-19-17-24-26(18-20(19)2)31-25-16-10-9-15-23(25)27(21-11-5-3-6-12-21)28(29(31)30-24)22-13-7-4-8-14-22/h3-18H,1-2H3. The lowest BCUT2D eigenvalue weighted by atomic mass is 9.92. The van der Waals surface area contributed by atoms with Gasteiger partial charge < -0.3 is 0 Å². The van der Waals surface area contributed by atoms with E-state index in [0.29, 0.717) is 0 Å². The van der Waals surface area contributed by atoms with Crippen molar-refractivity contribution >= 4 is 27.6 Å². The van der Waals surface area contributed by atoms with Crippen molar-refractivity contribution in [3.8, 4) is 22.3 Å². The number of fused-ring (bicyclic) bond motifs is 5. The van der Waals surface area contributed by atoms with Gasteiger partial charge in [-0.05, 0) is 54.3 Å². The van der Waals surface area contributed by atoms with E-state index in [1.807, 2.05) is 0 Å². The van der Waals surface area contributed by atoms with E-state index < -0.39 is 0 Å². The molecule has 2 heteroatoms. The molecule has 0 amide bonds. The second-order valence-corrected chi connectivity index (χ2v) is 8.20. The highest BCUT2D eigenvalue weighted by Gasteiger charge is 2.20. The first-order valence-electron chi connectivity index (χ1n) is 10.7. The molecule has 0 N–H and O–H groups in total. The van der Waals surface area contributed by atoms with E-state index in [9.17, 15) is 0 Å². The maximum Gasteiger partial charge on any atom is 0.147 e. The van der Waals surface area contributed by atoms with Crippen LogP contribution in [0.1, 0.15) is 11.1 Å². The molecule has 0 fully saturated rings. The van der Waals surface area contributed by atoms with Crippen molar-refractivity contribution in [3.63, 3.8) is 0 Å². The lowest BCUT2D eigenvalue weighted by Crippen LogP contribution is -1.97. The van der Waals surface area contributed by atoms with Crippen molar-refractivity contribution in [3.05, 3.63) is 108 Å². The predicted octanol–water partition coefficient (Wildman–Crippen LogP) is 7.59. The predicted molar refractivity (Wildman–Crippen MR) is 131 cm³/mol. The normalized spacial score (nSPS) is 11.5. The molecule has 2 aromatic heterocycles. The topological polar surface area (TPSA) is 17.3 Å². The highest BCUT2D eigenvalue weighted by molar-refractivity contribution is 6.10. The average Bonchev–Trinajstić information content (AvgIpc) is 3.17. The van der Waals surface area contributed by atoms with Crippen molar-refractivity contribution in [2.45, 2.75) is 13.8 Å². The Kier molecular flexibility index (Phi) is 3.94. The number of pyridine rings is 1. The largest absolute Gasteiger partial charge is 0.292 e. The van der Waals surface area contributed by atoms with Gasteiger partial charge in [-0.1, -0.05) is 78.9 Å². The van der Waals surface area contributed by atoms with Gasteiger partial charge in [0.2, 0.25) is 0 Å². The third-order valence-corrected chi connectivity index (χ3v) is 6.28. The molecule has 0 unspecified atom stereocenters. The van der Waals surface area contributed by atoms with Crippen LogP contribution in [-0.2, 0) is 0 Å². The molecule has 2 nitrogen and oxygen atoms in total. The zero-order chi connectivity index (χ0) is 20.9. The highest BCUT2D eigenvalue weighted by atomic mass is 15.0. The Bertz CT molecular complexity index is 1580. The summed E-state index contributed by atoms with van der Waals surface area (Å²) in [5.41, 5.74) is 11.7. The van der Waals surface area contributed by atoms with Crippen LogP contribution < -0.4 is 0 Å². The van der Waals surface area contributed by atoms with Gasteiger partial charge in [0.15, 0.2) is 0 Å². The minimum absolute atomic E-state index is 1.00. The van der Waals surface area contributed by atoms with Crippen molar-refractivity contribution < 1.29 is 0 Å². The summed E-state index contributed by atoms with van der Waals surface area (Å²) in [5.74, 6) is 0. The minimum Gasteiger partial charge on any atom is -0.292 e. The smallest absolute Gasteiger partial charge is 0.147 e. The second-order valence-electron chi connectivity index (χ2n) is 8.20. The van der Waals surface area contributed by atoms with E-state index in [1.54, 1.807) is 0 Å². The molecular weight excluding hydrogens is 376 g/mol. The first kappa shape index (κ1) is 17.9. The maximum absolute atomic E-state index is 5.19. The summed E-state index contributed by atoms with van der Waals surface area (Å²) < 4.78 is 2.34. The molecule has 31 heavy (non-hydrogen) atoms. The zero-order valence-corrected chi connectivity index (χ0v) is 17.6. The fourth-order valence-electron chi connectivity index (χ4n) is 4.65. The highest BCUT2D eigenvalue weighted by Crippen LogP contribution is 2.42. The number of para-hydroxylation sites is 1. The van der Waals surface area contributed by atoms with Gasteiger partial charge in [0.05, 0.1) is 16.6 Å². The lowest BCUT2D eigenvalue weighted by molar-refractivity contribution is 1.29. The molecule has 0 spiro atoms. The number of rotatable bonds is 2. The van der Waals surface area contributed by atoms with Gasteiger partial charge >= 0.3 is 0 Å². The molecule has 0 saturated carbocycles. The number of nitrogens with zero attached hydrogens (tertiary/aromatic N) is 2. The van der Waals surface area contributed by atoms with Gasteiger partial charge in [0, 0.05) is 16.5 Å². The van der Waals surface area contributed by atoms with E-state index in [2.05, 4.69) is 115 Å². The first-order valence-corrected chi connectivity index (χ1v) is 10.7. The van der Waals surface area contributed by atoms with Crippen LogP contribution in [0.25, 0.3) is 49.8 Å². The van der Waals surface area contributed by atoms with E-state index in [-0.39, 0.29) is 0 Å². The Labute approximate surface area is 181 Å². The Morgan fingerprint density at radius 3 is 1.87 bits per heavy atom. The van der Waals surface area contributed by atoms with Crippen molar-refractivity contribution in [1.82, 2.24) is 9.38 Å². The van der Waals surface area contributed by atoms with Gasteiger partial charge in [0.25, 0.3) is 0 Å². The summed E-state index contributed by atoms with van der Waals surface area (Å²) in [6, 6.07) is 34.5. The monoisotopic (exact) mass is 398 g/mol. The third kappa shape index (κ3) is 2.69. The Balaban J connectivity index is 1.92. The van der Waals surface area contributed by atoms with Crippen LogP contribution in [0.4, 0.5) is 0 Å². The molecule has 4 aromatic carbocycles. The Morgan fingerprint density at radius 1 is 0.581 bits per heavy atom. The number of benzene rings is 4. The van der Waals surface area contributed by atoms with Crippen LogP contribution in [-0.4, -0.2) is 9.38 Å².